The molecule has 6 rings (SSSR count). The molecule has 0 atom stereocenters. The summed E-state index contributed by atoms with van der Waals surface area (Å²) in [6, 6.07) is 12.7. The van der Waals surface area contributed by atoms with Crippen molar-refractivity contribution in [3.8, 4) is 22.9 Å². The van der Waals surface area contributed by atoms with Gasteiger partial charge in [-0.15, -0.1) is 0 Å². The number of ether oxygens (including phenoxy) is 1. The van der Waals surface area contributed by atoms with Gasteiger partial charge in [-0.25, -0.2) is 19.3 Å². The topological polar surface area (TPSA) is 108 Å². The van der Waals surface area contributed by atoms with Gasteiger partial charge >= 0.3 is 0 Å². The molecule has 0 aliphatic carbocycles. The fraction of sp³-hybridized carbons (Fsp3) is 0.200. The Morgan fingerprint density at radius 2 is 2.00 bits per heavy atom. The molecule has 3 N–H and O–H groups in total. The van der Waals surface area contributed by atoms with E-state index in [0.717, 1.165) is 43.9 Å². The summed E-state index contributed by atoms with van der Waals surface area (Å²) in [5.41, 5.74) is 4.48. The first kappa shape index (κ1) is 22.6. The van der Waals surface area contributed by atoms with E-state index in [9.17, 15) is 4.39 Å². The second kappa shape index (κ2) is 9.65. The monoisotopic (exact) mass is 504 g/mol. The van der Waals surface area contributed by atoms with Crippen molar-refractivity contribution < 1.29 is 9.13 Å². The van der Waals surface area contributed by atoms with Gasteiger partial charge in [-0.3, -0.25) is 10.00 Å². The van der Waals surface area contributed by atoms with E-state index in [1.807, 2.05) is 6.07 Å². The first-order valence-electron chi connectivity index (χ1n) is 11.5. The molecule has 3 aromatic heterocycles. The SMILES string of the molecule is Fc1c(Cl)cccc1-c1nccc(Nc2c[nH]nc2-c2nc3cc(CN4CCOCC4)ccc3[nH]2)n1. The molecule has 0 saturated carbocycles. The number of aromatic amines is 2. The normalized spacial score (nSPS) is 14.4. The van der Waals surface area contributed by atoms with E-state index < -0.39 is 5.82 Å². The van der Waals surface area contributed by atoms with Gasteiger partial charge in [-0.2, -0.15) is 5.10 Å². The smallest absolute Gasteiger partial charge is 0.164 e. The van der Waals surface area contributed by atoms with E-state index in [1.54, 1.807) is 30.6 Å². The van der Waals surface area contributed by atoms with Gasteiger partial charge in [0.25, 0.3) is 0 Å². The Balaban J connectivity index is 1.25. The second-order valence-corrected chi connectivity index (χ2v) is 8.87. The van der Waals surface area contributed by atoms with Gasteiger partial charge in [0, 0.05) is 32.0 Å². The molecule has 1 fully saturated rings. The van der Waals surface area contributed by atoms with Gasteiger partial charge < -0.3 is 15.0 Å². The number of hydrogen-bond acceptors (Lipinski definition) is 7. The molecule has 1 aliphatic heterocycles. The molecule has 11 heteroatoms. The highest BCUT2D eigenvalue weighted by atomic mass is 35.5. The summed E-state index contributed by atoms with van der Waals surface area (Å²) in [6.45, 7) is 4.26. The van der Waals surface area contributed by atoms with Crippen molar-refractivity contribution in [1.29, 1.82) is 0 Å². The molecular weight excluding hydrogens is 483 g/mol. The Hall–Kier alpha value is -3.86. The van der Waals surface area contributed by atoms with Crippen molar-refractivity contribution in [2.45, 2.75) is 6.54 Å². The fourth-order valence-electron chi connectivity index (χ4n) is 4.22. The quantitative estimate of drug-likeness (QED) is 0.305. The van der Waals surface area contributed by atoms with Crippen molar-refractivity contribution in [2.24, 2.45) is 0 Å². The predicted molar refractivity (Wildman–Crippen MR) is 135 cm³/mol. The number of imidazole rings is 1. The number of aromatic nitrogens is 6. The van der Waals surface area contributed by atoms with Gasteiger partial charge in [0.05, 0.1) is 40.5 Å². The van der Waals surface area contributed by atoms with E-state index in [-0.39, 0.29) is 16.4 Å². The van der Waals surface area contributed by atoms with Crippen LogP contribution in [0.5, 0.6) is 0 Å². The van der Waals surface area contributed by atoms with Crippen LogP contribution in [0.3, 0.4) is 0 Å². The van der Waals surface area contributed by atoms with E-state index in [4.69, 9.17) is 21.3 Å². The summed E-state index contributed by atoms with van der Waals surface area (Å²) in [4.78, 5) is 19.2. The molecule has 0 spiro atoms. The van der Waals surface area contributed by atoms with Gasteiger partial charge in [-0.1, -0.05) is 23.7 Å². The summed E-state index contributed by atoms with van der Waals surface area (Å²) in [5, 5.41) is 10.5. The Morgan fingerprint density at radius 1 is 1.11 bits per heavy atom. The van der Waals surface area contributed by atoms with E-state index in [1.165, 1.54) is 11.6 Å². The van der Waals surface area contributed by atoms with Gasteiger partial charge in [0.2, 0.25) is 0 Å². The molecule has 0 radical (unpaired) electrons. The highest BCUT2D eigenvalue weighted by Crippen LogP contribution is 2.29. The van der Waals surface area contributed by atoms with Crippen LogP contribution in [0, 0.1) is 5.82 Å². The van der Waals surface area contributed by atoms with Crippen molar-refractivity contribution in [2.75, 3.05) is 31.6 Å². The maximum Gasteiger partial charge on any atom is 0.164 e. The van der Waals surface area contributed by atoms with Crippen LogP contribution in [-0.4, -0.2) is 61.3 Å². The molecule has 1 aliphatic rings. The van der Waals surface area contributed by atoms with E-state index >= 15 is 0 Å². The number of rotatable bonds is 6. The number of H-pyrrole nitrogens is 2. The Bertz CT molecular complexity index is 1530. The standard InChI is InChI=1S/C25H22ClFN8O/c26-17-3-1-2-16(22(17)27)24-28-7-6-21(33-24)30-20-13-29-34-23(20)25-31-18-5-4-15(12-19(18)32-25)14-35-8-10-36-11-9-35/h1-7,12-13H,8-11,14H2,(H,29,34)(H,31,32)(H,28,30,33). The molecule has 9 nitrogen and oxygen atoms in total. The lowest BCUT2D eigenvalue weighted by atomic mass is 10.2. The van der Waals surface area contributed by atoms with Crippen LogP contribution in [0.2, 0.25) is 5.02 Å². The zero-order chi connectivity index (χ0) is 24.5. The average molecular weight is 505 g/mol. The van der Waals surface area contributed by atoms with Crippen LogP contribution in [0.1, 0.15) is 5.56 Å². The van der Waals surface area contributed by atoms with Crippen LogP contribution in [0.15, 0.2) is 54.9 Å². The third-order valence-corrected chi connectivity index (χ3v) is 6.32. The molecule has 0 bridgehead atoms. The number of fused-ring (bicyclic) bond motifs is 1. The fourth-order valence-corrected chi connectivity index (χ4v) is 4.39. The number of anilines is 2. The maximum absolute atomic E-state index is 14.5. The lowest BCUT2D eigenvalue weighted by Crippen LogP contribution is -2.35. The number of nitrogens with zero attached hydrogens (tertiary/aromatic N) is 5. The molecule has 4 heterocycles. The third kappa shape index (κ3) is 4.53. The number of benzene rings is 2. The zero-order valence-electron chi connectivity index (χ0n) is 19.1. The van der Waals surface area contributed by atoms with Crippen LogP contribution >= 0.6 is 11.6 Å². The zero-order valence-corrected chi connectivity index (χ0v) is 19.9. The minimum Gasteiger partial charge on any atom is -0.379 e. The van der Waals surface area contributed by atoms with Crippen molar-refractivity contribution >= 4 is 34.1 Å². The first-order valence-corrected chi connectivity index (χ1v) is 11.9. The van der Waals surface area contributed by atoms with Crippen LogP contribution in [0.4, 0.5) is 15.9 Å². The highest BCUT2D eigenvalue weighted by molar-refractivity contribution is 6.31. The van der Waals surface area contributed by atoms with Crippen molar-refractivity contribution in [3.05, 3.63) is 71.3 Å². The van der Waals surface area contributed by atoms with Crippen LogP contribution in [-0.2, 0) is 11.3 Å². The number of halogens is 2. The molecule has 182 valence electrons. The molecule has 36 heavy (non-hydrogen) atoms. The van der Waals surface area contributed by atoms with Crippen LogP contribution < -0.4 is 5.32 Å². The van der Waals surface area contributed by atoms with Gasteiger partial charge in [0.15, 0.2) is 23.2 Å². The number of hydrogen-bond donors (Lipinski definition) is 3. The first-order chi connectivity index (χ1) is 17.6. The average Bonchev–Trinajstić information content (AvgIpc) is 3.53. The maximum atomic E-state index is 14.5. The van der Waals surface area contributed by atoms with E-state index in [0.29, 0.717) is 23.0 Å². The van der Waals surface area contributed by atoms with Gasteiger partial charge in [-0.05, 0) is 35.9 Å². The second-order valence-electron chi connectivity index (χ2n) is 8.46. The van der Waals surface area contributed by atoms with Gasteiger partial charge in [0.1, 0.15) is 5.82 Å². The van der Waals surface area contributed by atoms with Crippen molar-refractivity contribution in [1.82, 2.24) is 35.0 Å². The van der Waals surface area contributed by atoms with E-state index in [2.05, 4.69) is 47.5 Å². The summed E-state index contributed by atoms with van der Waals surface area (Å²) in [6.07, 6.45) is 3.27. The van der Waals surface area contributed by atoms with Crippen LogP contribution in [0.25, 0.3) is 33.9 Å². The summed E-state index contributed by atoms with van der Waals surface area (Å²) >= 11 is 5.92. The third-order valence-electron chi connectivity index (χ3n) is 6.03. The molecule has 1 saturated heterocycles. The lowest BCUT2D eigenvalue weighted by Gasteiger charge is -2.26. The number of morpholine rings is 1. The molecular formula is C25H22ClFN8O. The summed E-state index contributed by atoms with van der Waals surface area (Å²) in [5.74, 6) is 0.760. The Morgan fingerprint density at radius 3 is 2.89 bits per heavy atom. The summed E-state index contributed by atoms with van der Waals surface area (Å²) in [7, 11) is 0. The largest absolute Gasteiger partial charge is 0.379 e. The van der Waals surface area contributed by atoms with Crippen molar-refractivity contribution in [3.63, 3.8) is 0 Å². The Kier molecular flexibility index (Phi) is 6.06. The molecule has 2 aromatic carbocycles. The molecule has 0 amide bonds. The highest BCUT2D eigenvalue weighted by Gasteiger charge is 2.17. The number of nitrogens with one attached hydrogen (secondary N) is 3. The minimum atomic E-state index is -0.560. The Labute approximate surface area is 210 Å². The minimum absolute atomic E-state index is 0.0181. The molecule has 0 unspecified atom stereocenters. The predicted octanol–water partition coefficient (Wildman–Crippen LogP) is 4.78. The summed E-state index contributed by atoms with van der Waals surface area (Å²) < 4.78 is 19.9. The lowest BCUT2D eigenvalue weighted by molar-refractivity contribution is 0.0342. The molecule has 5 aromatic rings.